The summed E-state index contributed by atoms with van der Waals surface area (Å²) in [5, 5.41) is 0.358. The van der Waals surface area contributed by atoms with Gasteiger partial charge in [0.05, 0.1) is 19.8 Å². The van der Waals surface area contributed by atoms with E-state index in [0.717, 1.165) is 12.8 Å². The first-order valence-electron chi connectivity index (χ1n) is 5.42. The summed E-state index contributed by atoms with van der Waals surface area (Å²) < 4.78 is 27.9. The van der Waals surface area contributed by atoms with Crippen LogP contribution in [0.4, 0.5) is 0 Å². The smallest absolute Gasteiger partial charge is 0.367 e. The standard InChI is InChI=1S/C11H21O4P/c1-5-8-14-16(12,15-9-6-2)11(7-3)10-13-4/h3,5-6,8-10H2,1-2,4H3. The molecule has 0 N–H and O–H groups in total. The fourth-order valence-electron chi connectivity index (χ4n) is 0.980. The Morgan fingerprint density at radius 3 is 2.06 bits per heavy atom. The molecule has 16 heavy (non-hydrogen) atoms. The Morgan fingerprint density at radius 2 is 1.75 bits per heavy atom. The van der Waals surface area contributed by atoms with Crippen LogP contribution >= 0.6 is 7.60 Å². The van der Waals surface area contributed by atoms with Crippen molar-refractivity contribution in [3.63, 3.8) is 0 Å². The zero-order chi connectivity index (χ0) is 12.4. The molecule has 0 bridgehead atoms. The molecule has 4 nitrogen and oxygen atoms in total. The van der Waals surface area contributed by atoms with Gasteiger partial charge in [-0.15, -0.1) is 5.73 Å². The summed E-state index contributed by atoms with van der Waals surface area (Å²) in [4.78, 5) is 0. The first-order chi connectivity index (χ1) is 7.64. The average molecular weight is 248 g/mol. The lowest BCUT2D eigenvalue weighted by atomic mass is 10.5. The average Bonchev–Trinajstić information content (AvgIpc) is 2.30. The molecule has 0 amide bonds. The lowest BCUT2D eigenvalue weighted by molar-refractivity contribution is 0.194. The van der Waals surface area contributed by atoms with E-state index in [1.165, 1.54) is 7.11 Å². The molecule has 0 spiro atoms. The second-order valence-electron chi connectivity index (χ2n) is 3.22. The Balaban J connectivity index is 4.74. The van der Waals surface area contributed by atoms with Crippen LogP contribution in [-0.4, -0.2) is 26.9 Å². The molecular weight excluding hydrogens is 227 g/mol. The molecule has 0 atom stereocenters. The lowest BCUT2D eigenvalue weighted by Gasteiger charge is -2.19. The number of ether oxygens (including phenoxy) is 1. The number of methoxy groups -OCH3 is 1. The molecule has 0 aromatic rings. The van der Waals surface area contributed by atoms with E-state index in [4.69, 9.17) is 13.8 Å². The van der Waals surface area contributed by atoms with Crippen molar-refractivity contribution in [2.24, 2.45) is 0 Å². The Morgan fingerprint density at radius 1 is 1.25 bits per heavy atom. The summed E-state index contributed by atoms with van der Waals surface area (Å²) in [7, 11) is -1.75. The van der Waals surface area contributed by atoms with Gasteiger partial charge in [-0.05, 0) is 12.8 Å². The lowest BCUT2D eigenvalue weighted by Crippen LogP contribution is -2.04. The molecule has 0 saturated carbocycles. The second kappa shape index (κ2) is 8.74. The van der Waals surface area contributed by atoms with Gasteiger partial charge in [0.25, 0.3) is 0 Å². The van der Waals surface area contributed by atoms with E-state index in [2.05, 4.69) is 12.3 Å². The van der Waals surface area contributed by atoms with Gasteiger partial charge in [-0.25, -0.2) is 0 Å². The van der Waals surface area contributed by atoms with Crippen LogP contribution in [0.25, 0.3) is 0 Å². The third-order valence-corrected chi connectivity index (χ3v) is 3.74. The van der Waals surface area contributed by atoms with Gasteiger partial charge < -0.3 is 13.8 Å². The molecule has 0 radical (unpaired) electrons. The predicted molar refractivity (Wildman–Crippen MR) is 64.6 cm³/mol. The molecule has 0 unspecified atom stereocenters. The van der Waals surface area contributed by atoms with Gasteiger partial charge in [0.1, 0.15) is 5.31 Å². The topological polar surface area (TPSA) is 44.8 Å². The second-order valence-corrected chi connectivity index (χ2v) is 5.27. The highest BCUT2D eigenvalue weighted by atomic mass is 31.2. The quantitative estimate of drug-likeness (QED) is 0.463. The molecule has 0 aromatic carbocycles. The highest BCUT2D eigenvalue weighted by molar-refractivity contribution is 7.58. The molecule has 0 rings (SSSR count). The summed E-state index contributed by atoms with van der Waals surface area (Å²) in [6.45, 7) is 8.30. The van der Waals surface area contributed by atoms with Gasteiger partial charge in [0, 0.05) is 7.11 Å². The van der Waals surface area contributed by atoms with Crippen LogP contribution in [-0.2, 0) is 18.3 Å². The van der Waals surface area contributed by atoms with Crippen molar-refractivity contribution in [2.45, 2.75) is 26.7 Å². The molecule has 0 aliphatic carbocycles. The van der Waals surface area contributed by atoms with E-state index in [1.54, 1.807) is 0 Å². The van der Waals surface area contributed by atoms with Crippen molar-refractivity contribution >= 4 is 7.60 Å². The number of rotatable bonds is 9. The summed E-state index contributed by atoms with van der Waals surface area (Å²) in [5.41, 5.74) is 2.59. The zero-order valence-corrected chi connectivity index (χ0v) is 11.2. The van der Waals surface area contributed by atoms with Crippen LogP contribution in [0.2, 0.25) is 0 Å². The molecule has 0 aliphatic rings. The molecule has 94 valence electrons. The van der Waals surface area contributed by atoms with Gasteiger partial charge in [-0.1, -0.05) is 20.4 Å². The Labute approximate surface area is 97.8 Å². The van der Waals surface area contributed by atoms with Gasteiger partial charge in [-0.2, -0.15) is 0 Å². The van der Waals surface area contributed by atoms with Crippen molar-refractivity contribution in [2.75, 3.05) is 26.9 Å². The van der Waals surface area contributed by atoms with Gasteiger partial charge in [-0.3, -0.25) is 4.57 Å². The maximum atomic E-state index is 12.4. The minimum Gasteiger partial charge on any atom is -0.379 e. The van der Waals surface area contributed by atoms with E-state index in [9.17, 15) is 4.57 Å². The Hall–Kier alpha value is -0.370. The third-order valence-electron chi connectivity index (χ3n) is 1.75. The maximum absolute atomic E-state index is 12.4. The maximum Gasteiger partial charge on any atom is 0.367 e. The van der Waals surface area contributed by atoms with E-state index in [-0.39, 0.29) is 6.61 Å². The van der Waals surface area contributed by atoms with Crippen molar-refractivity contribution in [1.29, 1.82) is 0 Å². The van der Waals surface area contributed by atoms with Crippen molar-refractivity contribution < 1.29 is 18.3 Å². The van der Waals surface area contributed by atoms with E-state index in [1.807, 2.05) is 13.8 Å². The highest BCUT2D eigenvalue weighted by Crippen LogP contribution is 2.55. The van der Waals surface area contributed by atoms with Crippen LogP contribution in [0.5, 0.6) is 0 Å². The molecule has 0 saturated heterocycles. The predicted octanol–water partition coefficient (Wildman–Crippen LogP) is 3.35. The minimum absolute atomic E-state index is 0.161. The Bertz CT molecular complexity index is 270. The summed E-state index contributed by atoms with van der Waals surface area (Å²) in [6, 6.07) is 0. The summed E-state index contributed by atoms with van der Waals surface area (Å²) >= 11 is 0. The van der Waals surface area contributed by atoms with Crippen molar-refractivity contribution in [3.8, 4) is 0 Å². The van der Waals surface area contributed by atoms with E-state index >= 15 is 0 Å². The van der Waals surface area contributed by atoms with E-state index in [0.29, 0.717) is 18.5 Å². The molecular formula is C11H21O4P. The van der Waals surface area contributed by atoms with Crippen molar-refractivity contribution in [1.82, 2.24) is 0 Å². The van der Waals surface area contributed by atoms with Crippen LogP contribution in [0.3, 0.4) is 0 Å². The van der Waals surface area contributed by atoms with Gasteiger partial charge in [0.2, 0.25) is 0 Å². The van der Waals surface area contributed by atoms with Gasteiger partial charge in [0.15, 0.2) is 0 Å². The number of hydrogen-bond donors (Lipinski definition) is 0. The summed E-state index contributed by atoms with van der Waals surface area (Å²) in [5.74, 6) is 0. The van der Waals surface area contributed by atoms with Crippen molar-refractivity contribution in [3.05, 3.63) is 17.6 Å². The Kier molecular flexibility index (Phi) is 8.54. The molecule has 0 heterocycles. The monoisotopic (exact) mass is 248 g/mol. The SMILES string of the molecule is C=C=C(COC)P(=O)(OCCC)OCCC. The normalized spacial score (nSPS) is 11.2. The fraction of sp³-hybridized carbons (Fsp3) is 0.727. The van der Waals surface area contributed by atoms with E-state index < -0.39 is 7.60 Å². The molecule has 0 fully saturated rings. The highest BCUT2D eigenvalue weighted by Gasteiger charge is 2.29. The molecule has 0 aromatic heterocycles. The molecule has 0 aliphatic heterocycles. The fourth-order valence-corrected chi connectivity index (χ4v) is 2.69. The van der Waals surface area contributed by atoms with Crippen LogP contribution < -0.4 is 0 Å². The van der Waals surface area contributed by atoms with Crippen LogP contribution in [0.15, 0.2) is 17.6 Å². The zero-order valence-electron chi connectivity index (χ0n) is 10.3. The largest absolute Gasteiger partial charge is 0.379 e. The number of hydrogen-bond acceptors (Lipinski definition) is 4. The molecule has 5 heteroatoms. The van der Waals surface area contributed by atoms with Crippen LogP contribution in [0.1, 0.15) is 26.7 Å². The minimum atomic E-state index is -3.26. The summed E-state index contributed by atoms with van der Waals surface area (Å²) in [6.07, 6.45) is 1.55. The first kappa shape index (κ1) is 15.6. The van der Waals surface area contributed by atoms with Gasteiger partial charge >= 0.3 is 7.60 Å². The first-order valence-corrected chi connectivity index (χ1v) is 6.96. The van der Waals surface area contributed by atoms with Crippen LogP contribution in [0, 0.1) is 0 Å². The third kappa shape index (κ3) is 5.11.